The van der Waals surface area contributed by atoms with E-state index in [-0.39, 0.29) is 38.0 Å². The molecule has 0 aromatic rings. The van der Waals surface area contributed by atoms with Crippen LogP contribution < -0.4 is 0 Å². The van der Waals surface area contributed by atoms with Crippen LogP contribution in [0.2, 0.25) is 0 Å². The molecule has 6 heteroatoms. The number of carbonyl (C=O) groups excluding carboxylic acids is 3. The Balaban J connectivity index is 4.57. The maximum atomic E-state index is 12.7. The van der Waals surface area contributed by atoms with Gasteiger partial charge in [-0.15, -0.1) is 0 Å². The third-order valence-corrected chi connectivity index (χ3v) is 10.1. The average Bonchev–Trinajstić information content (AvgIpc) is 3.26. The highest BCUT2D eigenvalue weighted by Crippen LogP contribution is 2.11. The molecule has 61 heavy (non-hydrogen) atoms. The molecule has 0 saturated heterocycles. The van der Waals surface area contributed by atoms with Crippen molar-refractivity contribution in [2.45, 2.75) is 219 Å². The van der Waals surface area contributed by atoms with Crippen molar-refractivity contribution >= 4 is 17.9 Å². The molecule has 1 unspecified atom stereocenters. The molecule has 0 spiro atoms. The normalized spacial score (nSPS) is 12.9. The first kappa shape index (κ1) is 57.3. The summed E-state index contributed by atoms with van der Waals surface area (Å²) in [5, 5.41) is 0. The summed E-state index contributed by atoms with van der Waals surface area (Å²) < 4.78 is 16.6. The van der Waals surface area contributed by atoms with Gasteiger partial charge in [0.2, 0.25) is 0 Å². The molecule has 0 heterocycles. The SMILES string of the molecule is CC/C=C/C/C=C/C/C=C/C/C=C/C/C=C/CCCC(=O)OCC(COC(=O)CCCCC/C=C/CCCCCCCC)OC(=O)CC/C=C/C/C=C/CCCCCCCC. The second kappa shape index (κ2) is 49.0. The number of ether oxygens (including phenoxy) is 3. The van der Waals surface area contributed by atoms with Crippen molar-refractivity contribution in [3.05, 3.63) is 97.2 Å². The van der Waals surface area contributed by atoms with Gasteiger partial charge in [0.25, 0.3) is 0 Å². The quantitative estimate of drug-likeness (QED) is 0.0263. The van der Waals surface area contributed by atoms with Gasteiger partial charge in [-0.1, -0.05) is 189 Å². The van der Waals surface area contributed by atoms with E-state index < -0.39 is 12.1 Å². The zero-order valence-corrected chi connectivity index (χ0v) is 39.4. The van der Waals surface area contributed by atoms with E-state index >= 15 is 0 Å². The van der Waals surface area contributed by atoms with Crippen LogP contribution in [0.25, 0.3) is 0 Å². The molecule has 0 saturated carbocycles. The number of carbonyl (C=O) groups is 3. The summed E-state index contributed by atoms with van der Waals surface area (Å²) in [5.41, 5.74) is 0. The first-order valence-corrected chi connectivity index (χ1v) is 24.7. The number of esters is 3. The van der Waals surface area contributed by atoms with Crippen LogP contribution in [0.4, 0.5) is 0 Å². The molecule has 0 aliphatic carbocycles. The second-order valence-electron chi connectivity index (χ2n) is 16.0. The first-order chi connectivity index (χ1) is 30.0. The molecular weight excluding hydrogens is 757 g/mol. The first-order valence-electron chi connectivity index (χ1n) is 24.7. The van der Waals surface area contributed by atoms with Gasteiger partial charge in [0.1, 0.15) is 13.2 Å². The third kappa shape index (κ3) is 47.2. The Labute approximate surface area is 375 Å². The number of rotatable bonds is 43. The summed E-state index contributed by atoms with van der Waals surface area (Å²) in [7, 11) is 0. The summed E-state index contributed by atoms with van der Waals surface area (Å²) >= 11 is 0. The average molecular weight is 847 g/mol. The zero-order valence-electron chi connectivity index (χ0n) is 39.4. The Kier molecular flexibility index (Phi) is 46.0. The molecule has 0 N–H and O–H groups in total. The van der Waals surface area contributed by atoms with Crippen LogP contribution in [0.3, 0.4) is 0 Å². The molecule has 0 amide bonds. The van der Waals surface area contributed by atoms with Gasteiger partial charge >= 0.3 is 17.9 Å². The lowest BCUT2D eigenvalue weighted by Gasteiger charge is -2.18. The maximum absolute atomic E-state index is 12.7. The molecule has 0 aliphatic rings. The summed E-state index contributed by atoms with van der Waals surface area (Å²) in [4.78, 5) is 37.8. The molecule has 6 nitrogen and oxygen atoms in total. The van der Waals surface area contributed by atoms with Gasteiger partial charge in [0, 0.05) is 19.3 Å². The molecule has 0 bridgehead atoms. The summed E-state index contributed by atoms with van der Waals surface area (Å²) in [6.45, 7) is 6.37. The van der Waals surface area contributed by atoms with E-state index in [0.29, 0.717) is 19.3 Å². The lowest BCUT2D eigenvalue weighted by Crippen LogP contribution is -2.30. The minimum atomic E-state index is -0.836. The Hall–Kier alpha value is -3.67. The van der Waals surface area contributed by atoms with Crippen molar-refractivity contribution in [2.75, 3.05) is 13.2 Å². The van der Waals surface area contributed by atoms with Crippen molar-refractivity contribution in [1.82, 2.24) is 0 Å². The van der Waals surface area contributed by atoms with Gasteiger partial charge < -0.3 is 14.2 Å². The third-order valence-electron chi connectivity index (χ3n) is 10.1. The van der Waals surface area contributed by atoms with Crippen molar-refractivity contribution in [3.63, 3.8) is 0 Å². The highest BCUT2D eigenvalue weighted by molar-refractivity contribution is 5.71. The van der Waals surface area contributed by atoms with Crippen LogP contribution in [-0.2, 0) is 28.6 Å². The molecule has 0 rings (SSSR count). The van der Waals surface area contributed by atoms with E-state index in [1.807, 2.05) is 6.08 Å². The standard InChI is InChI=1S/C55H90O6/c1-4-7-10-13-16-19-22-25-26-27-28-31-33-36-39-42-45-48-54(57)60-51-52(61-55(58)49-46-43-40-37-34-30-24-21-18-15-12-9-6-3)50-59-53(56)47-44-41-38-35-32-29-23-20-17-14-11-8-5-2/h7,10,16,19,25-26,28-32,34,36,39-40,43,52H,4-6,8-9,11-15,17-18,20-24,27,33,35,37-38,41-42,44-51H2,1-3H3/b10-7+,19-16+,26-25+,31-28+,32-29+,34-30+,39-36+,43-40+. The lowest BCUT2D eigenvalue weighted by atomic mass is 10.1. The van der Waals surface area contributed by atoms with E-state index in [1.165, 1.54) is 77.0 Å². The topological polar surface area (TPSA) is 78.9 Å². The Morgan fingerprint density at radius 1 is 0.344 bits per heavy atom. The van der Waals surface area contributed by atoms with Crippen molar-refractivity contribution in [1.29, 1.82) is 0 Å². The lowest BCUT2D eigenvalue weighted by molar-refractivity contribution is -0.166. The molecule has 346 valence electrons. The van der Waals surface area contributed by atoms with Gasteiger partial charge in [0.15, 0.2) is 6.10 Å². The van der Waals surface area contributed by atoms with Gasteiger partial charge in [-0.2, -0.15) is 0 Å². The van der Waals surface area contributed by atoms with Gasteiger partial charge in [-0.05, 0) is 103 Å². The van der Waals surface area contributed by atoms with Crippen LogP contribution in [-0.4, -0.2) is 37.2 Å². The van der Waals surface area contributed by atoms with E-state index in [9.17, 15) is 14.4 Å². The van der Waals surface area contributed by atoms with Gasteiger partial charge in [0.05, 0.1) is 0 Å². The van der Waals surface area contributed by atoms with Crippen LogP contribution in [0, 0.1) is 0 Å². The summed E-state index contributed by atoms with van der Waals surface area (Å²) in [6.07, 6.45) is 64.1. The minimum absolute atomic E-state index is 0.127. The Bertz CT molecular complexity index is 1250. The zero-order chi connectivity index (χ0) is 44.4. The largest absolute Gasteiger partial charge is 0.462 e. The van der Waals surface area contributed by atoms with E-state index in [2.05, 4.69) is 112 Å². The Morgan fingerprint density at radius 2 is 0.689 bits per heavy atom. The van der Waals surface area contributed by atoms with E-state index in [1.54, 1.807) is 0 Å². The molecule has 0 aliphatic heterocycles. The molecule has 1 atom stereocenters. The van der Waals surface area contributed by atoms with Gasteiger partial charge in [-0.3, -0.25) is 14.4 Å². The smallest absolute Gasteiger partial charge is 0.306 e. The van der Waals surface area contributed by atoms with Crippen LogP contribution in [0.5, 0.6) is 0 Å². The molecule has 0 fully saturated rings. The second-order valence-corrected chi connectivity index (χ2v) is 16.0. The van der Waals surface area contributed by atoms with Crippen molar-refractivity contribution in [2.24, 2.45) is 0 Å². The molecule has 0 aromatic heterocycles. The fourth-order valence-electron chi connectivity index (χ4n) is 6.35. The number of hydrogen-bond acceptors (Lipinski definition) is 6. The van der Waals surface area contributed by atoms with Crippen molar-refractivity contribution in [3.8, 4) is 0 Å². The summed E-state index contributed by atoms with van der Waals surface area (Å²) in [6, 6.07) is 0. The van der Waals surface area contributed by atoms with Crippen molar-refractivity contribution < 1.29 is 28.6 Å². The molecule has 0 aromatic carbocycles. The predicted octanol–water partition coefficient (Wildman–Crippen LogP) is 16.2. The van der Waals surface area contributed by atoms with Gasteiger partial charge in [-0.25, -0.2) is 0 Å². The fraction of sp³-hybridized carbons (Fsp3) is 0.655. The number of unbranched alkanes of at least 4 members (excludes halogenated alkanes) is 16. The van der Waals surface area contributed by atoms with Crippen LogP contribution in [0.15, 0.2) is 97.2 Å². The monoisotopic (exact) mass is 847 g/mol. The molecule has 0 radical (unpaired) electrons. The van der Waals surface area contributed by atoms with E-state index in [0.717, 1.165) is 83.5 Å². The maximum Gasteiger partial charge on any atom is 0.306 e. The van der Waals surface area contributed by atoms with E-state index in [4.69, 9.17) is 14.2 Å². The molecular formula is C55H90O6. The number of hydrogen-bond donors (Lipinski definition) is 0. The summed E-state index contributed by atoms with van der Waals surface area (Å²) in [5.74, 6) is -1.08. The van der Waals surface area contributed by atoms with Crippen LogP contribution in [0.1, 0.15) is 213 Å². The highest BCUT2D eigenvalue weighted by Gasteiger charge is 2.19. The minimum Gasteiger partial charge on any atom is -0.462 e. The highest BCUT2D eigenvalue weighted by atomic mass is 16.6. The Morgan fingerprint density at radius 3 is 1.15 bits per heavy atom. The number of allylic oxidation sites excluding steroid dienone is 16. The predicted molar refractivity (Wildman–Crippen MR) is 260 cm³/mol. The van der Waals surface area contributed by atoms with Crippen LogP contribution >= 0.6 is 0 Å². The fourth-order valence-corrected chi connectivity index (χ4v) is 6.35.